The average molecular weight is 269 g/mol. The number of esters is 1. The Morgan fingerprint density at radius 1 is 1.56 bits per heavy atom. The molecule has 1 heterocycles. The fraction of sp³-hybridized carbons (Fsp3) is 0.400. The number of hydrogen-bond donors (Lipinski definition) is 1. The standard InChI is InChI=1S/C10H11N3O4S/c1-3-5-11-7(14)6-18-10-13-12-8(17-10)9(15)16-4-2/h1H,4-6H2,2H3,(H,11,14). The first-order valence-electron chi connectivity index (χ1n) is 5.01. The Morgan fingerprint density at radius 2 is 2.33 bits per heavy atom. The Morgan fingerprint density at radius 3 is 3.00 bits per heavy atom. The van der Waals surface area contributed by atoms with Crippen LogP contribution >= 0.6 is 11.8 Å². The average Bonchev–Trinajstić information content (AvgIpc) is 2.83. The number of nitrogens with zero attached hydrogens (tertiary/aromatic N) is 2. The number of hydrogen-bond acceptors (Lipinski definition) is 7. The molecule has 7 nitrogen and oxygen atoms in total. The van der Waals surface area contributed by atoms with E-state index in [1.165, 1.54) is 0 Å². The van der Waals surface area contributed by atoms with E-state index in [9.17, 15) is 9.59 Å². The van der Waals surface area contributed by atoms with Crippen LogP contribution in [0, 0.1) is 12.3 Å². The van der Waals surface area contributed by atoms with Crippen LogP contribution in [0.5, 0.6) is 0 Å². The lowest BCUT2D eigenvalue weighted by atomic mass is 10.6. The SMILES string of the molecule is C#CCNC(=O)CSc1nnc(C(=O)OCC)o1. The topological polar surface area (TPSA) is 94.3 Å². The van der Waals surface area contributed by atoms with E-state index in [0.717, 1.165) is 11.8 Å². The van der Waals surface area contributed by atoms with Crippen LogP contribution < -0.4 is 5.32 Å². The van der Waals surface area contributed by atoms with Crippen LogP contribution in [-0.4, -0.2) is 41.0 Å². The Hall–Kier alpha value is -2.01. The molecule has 0 fully saturated rings. The highest BCUT2D eigenvalue weighted by Crippen LogP contribution is 2.15. The van der Waals surface area contributed by atoms with Crippen LogP contribution in [0.2, 0.25) is 0 Å². The van der Waals surface area contributed by atoms with Gasteiger partial charge < -0.3 is 14.5 Å². The van der Waals surface area contributed by atoms with Gasteiger partial charge in [0.25, 0.3) is 5.22 Å². The summed E-state index contributed by atoms with van der Waals surface area (Å²) in [6.45, 7) is 2.05. The van der Waals surface area contributed by atoms with Crippen molar-refractivity contribution in [2.75, 3.05) is 18.9 Å². The van der Waals surface area contributed by atoms with Crippen molar-refractivity contribution in [3.05, 3.63) is 5.89 Å². The molecule has 1 aromatic heterocycles. The summed E-state index contributed by atoms with van der Waals surface area (Å²) >= 11 is 1.01. The number of carbonyl (C=O) groups excluding carboxylic acids is 2. The van der Waals surface area contributed by atoms with Gasteiger partial charge in [0.05, 0.1) is 18.9 Å². The second kappa shape index (κ2) is 7.34. The van der Waals surface area contributed by atoms with Gasteiger partial charge in [0.2, 0.25) is 5.91 Å². The van der Waals surface area contributed by atoms with Crippen molar-refractivity contribution in [2.45, 2.75) is 12.1 Å². The smallest absolute Gasteiger partial charge is 0.396 e. The van der Waals surface area contributed by atoms with Crippen molar-refractivity contribution < 1.29 is 18.7 Å². The van der Waals surface area contributed by atoms with Crippen LogP contribution in [0.1, 0.15) is 17.6 Å². The quantitative estimate of drug-likeness (QED) is 0.444. The molecule has 0 aliphatic rings. The van der Waals surface area contributed by atoms with Crippen molar-refractivity contribution >= 4 is 23.6 Å². The lowest BCUT2D eigenvalue weighted by molar-refractivity contribution is -0.118. The molecule has 0 spiro atoms. The number of aromatic nitrogens is 2. The lowest BCUT2D eigenvalue weighted by Gasteiger charge is -1.97. The van der Waals surface area contributed by atoms with Crippen LogP contribution in [0.15, 0.2) is 9.64 Å². The molecule has 1 N–H and O–H groups in total. The largest absolute Gasteiger partial charge is 0.459 e. The maximum absolute atomic E-state index is 11.2. The molecular weight excluding hydrogens is 258 g/mol. The Bertz CT molecular complexity index is 466. The van der Waals surface area contributed by atoms with E-state index in [-0.39, 0.29) is 35.9 Å². The van der Waals surface area contributed by atoms with Crippen molar-refractivity contribution in [3.63, 3.8) is 0 Å². The highest BCUT2D eigenvalue weighted by atomic mass is 32.2. The van der Waals surface area contributed by atoms with Gasteiger partial charge >= 0.3 is 11.9 Å². The van der Waals surface area contributed by atoms with Gasteiger partial charge in [-0.2, -0.15) is 0 Å². The minimum Gasteiger partial charge on any atom is -0.459 e. The predicted octanol–water partition coefficient (Wildman–Crippen LogP) is 0.0878. The second-order valence-electron chi connectivity index (χ2n) is 2.86. The molecule has 96 valence electrons. The Balaban J connectivity index is 2.42. The fourth-order valence-electron chi connectivity index (χ4n) is 0.871. The van der Waals surface area contributed by atoms with Crippen LogP contribution in [-0.2, 0) is 9.53 Å². The highest BCUT2D eigenvalue weighted by Gasteiger charge is 2.16. The molecule has 0 atom stereocenters. The van der Waals surface area contributed by atoms with E-state index in [2.05, 4.69) is 26.2 Å². The van der Waals surface area contributed by atoms with Gasteiger partial charge in [0.15, 0.2) is 0 Å². The molecule has 18 heavy (non-hydrogen) atoms. The first-order valence-corrected chi connectivity index (χ1v) is 5.99. The molecule has 0 saturated carbocycles. The summed E-state index contributed by atoms with van der Waals surface area (Å²) < 4.78 is 9.67. The molecule has 0 saturated heterocycles. The maximum atomic E-state index is 11.2. The van der Waals surface area contributed by atoms with Gasteiger partial charge in [-0.3, -0.25) is 4.79 Å². The summed E-state index contributed by atoms with van der Waals surface area (Å²) in [4.78, 5) is 22.4. The van der Waals surface area contributed by atoms with E-state index in [1.807, 2.05) is 0 Å². The molecule has 0 unspecified atom stereocenters. The molecule has 1 rings (SSSR count). The number of thioether (sulfide) groups is 1. The van der Waals surface area contributed by atoms with Gasteiger partial charge in [-0.1, -0.05) is 22.8 Å². The maximum Gasteiger partial charge on any atom is 0.396 e. The zero-order valence-electron chi connectivity index (χ0n) is 9.63. The first kappa shape index (κ1) is 14.1. The van der Waals surface area contributed by atoms with Crippen LogP contribution in [0.3, 0.4) is 0 Å². The zero-order valence-corrected chi connectivity index (χ0v) is 10.5. The Kier molecular flexibility index (Phi) is 5.73. The van der Waals surface area contributed by atoms with Gasteiger partial charge in [-0.25, -0.2) is 4.79 Å². The van der Waals surface area contributed by atoms with E-state index in [1.54, 1.807) is 6.92 Å². The summed E-state index contributed by atoms with van der Waals surface area (Å²) in [5.74, 6) is 1.18. The summed E-state index contributed by atoms with van der Waals surface area (Å²) in [7, 11) is 0. The van der Waals surface area contributed by atoms with Crippen molar-refractivity contribution in [1.82, 2.24) is 15.5 Å². The number of carbonyl (C=O) groups is 2. The van der Waals surface area contributed by atoms with Crippen molar-refractivity contribution in [2.24, 2.45) is 0 Å². The van der Waals surface area contributed by atoms with E-state index in [0.29, 0.717) is 0 Å². The normalized spacial score (nSPS) is 9.56. The summed E-state index contributed by atoms with van der Waals surface area (Å²) in [5.41, 5.74) is 0. The molecule has 1 aromatic rings. The molecule has 0 radical (unpaired) electrons. The van der Waals surface area contributed by atoms with Crippen LogP contribution in [0.25, 0.3) is 0 Å². The summed E-state index contributed by atoms with van der Waals surface area (Å²) in [6, 6.07) is 0. The fourth-order valence-corrected chi connectivity index (χ4v) is 1.46. The van der Waals surface area contributed by atoms with E-state index < -0.39 is 5.97 Å². The summed E-state index contributed by atoms with van der Waals surface area (Å²) in [5, 5.41) is 9.69. The monoisotopic (exact) mass is 269 g/mol. The molecule has 1 amide bonds. The van der Waals surface area contributed by atoms with Gasteiger partial charge in [-0.15, -0.1) is 11.5 Å². The number of terminal acetylenes is 1. The first-order chi connectivity index (χ1) is 8.67. The number of ether oxygens (including phenoxy) is 1. The third kappa shape index (κ3) is 4.47. The molecule has 0 bridgehead atoms. The zero-order chi connectivity index (χ0) is 13.4. The lowest BCUT2D eigenvalue weighted by Crippen LogP contribution is -2.25. The van der Waals surface area contributed by atoms with Crippen molar-refractivity contribution in [3.8, 4) is 12.3 Å². The Labute approximate surface area is 108 Å². The third-order valence-corrected chi connectivity index (χ3v) is 2.39. The van der Waals surface area contributed by atoms with Gasteiger partial charge in [0, 0.05) is 0 Å². The second-order valence-corrected chi connectivity index (χ2v) is 3.79. The minimum absolute atomic E-state index is 0.0755. The van der Waals surface area contributed by atoms with E-state index >= 15 is 0 Å². The molecule has 0 aromatic carbocycles. The molecule has 0 aliphatic carbocycles. The third-order valence-electron chi connectivity index (χ3n) is 1.57. The van der Waals surface area contributed by atoms with Crippen molar-refractivity contribution in [1.29, 1.82) is 0 Å². The van der Waals surface area contributed by atoms with Crippen LogP contribution in [0.4, 0.5) is 0 Å². The molecule has 0 aliphatic heterocycles. The van der Waals surface area contributed by atoms with E-state index in [4.69, 9.17) is 10.8 Å². The number of nitrogens with one attached hydrogen (secondary N) is 1. The number of rotatable bonds is 6. The molecular formula is C10H11N3O4S. The summed E-state index contributed by atoms with van der Waals surface area (Å²) in [6.07, 6.45) is 4.99. The highest BCUT2D eigenvalue weighted by molar-refractivity contribution is 7.99. The minimum atomic E-state index is -0.686. The van der Waals surface area contributed by atoms with Gasteiger partial charge in [0.1, 0.15) is 0 Å². The predicted molar refractivity (Wildman–Crippen MR) is 62.8 cm³/mol. The molecule has 8 heteroatoms. The van der Waals surface area contributed by atoms with Gasteiger partial charge in [-0.05, 0) is 6.92 Å². The number of amides is 1.